The number of carbonyl (C=O) groups is 2. The highest BCUT2D eigenvalue weighted by molar-refractivity contribution is 5.97. The molecule has 6 heteroatoms. The minimum Gasteiger partial charge on any atom is -0.493 e. The van der Waals surface area contributed by atoms with Crippen LogP contribution in [-0.4, -0.2) is 38.1 Å². The highest BCUT2D eigenvalue weighted by Gasteiger charge is 2.35. The Morgan fingerprint density at radius 1 is 1.18 bits per heavy atom. The topological polar surface area (TPSA) is 76.7 Å². The normalized spacial score (nSPS) is 27.4. The number of hydrogen-bond acceptors (Lipinski definition) is 4. The largest absolute Gasteiger partial charge is 0.493 e. The molecule has 1 saturated heterocycles. The molecule has 0 aliphatic carbocycles. The average Bonchev–Trinajstić information content (AvgIpc) is 2.56. The van der Waals surface area contributed by atoms with Gasteiger partial charge < -0.3 is 20.1 Å². The van der Waals surface area contributed by atoms with E-state index in [0.717, 1.165) is 0 Å². The monoisotopic (exact) mass is 308 g/mol. The molecule has 0 bridgehead atoms. The first kappa shape index (κ1) is 13.4. The highest BCUT2D eigenvalue weighted by Crippen LogP contribution is 2.28. The summed E-state index contributed by atoms with van der Waals surface area (Å²) >= 11 is 0. The van der Waals surface area contributed by atoms with Crippen molar-refractivity contribution in [2.24, 2.45) is 5.92 Å². The Balaban J connectivity index is 2.33. The molecule has 2 rings (SSSR count). The Morgan fingerprint density at radius 3 is 2.45 bits per heavy atom. The molecule has 0 saturated carbocycles. The Bertz CT molecular complexity index is 653. The predicted octanol–water partition coefficient (Wildman–Crippen LogP) is 0.885. The van der Waals surface area contributed by atoms with Crippen LogP contribution in [0, 0.1) is 5.92 Å². The van der Waals surface area contributed by atoms with E-state index in [1.165, 1.54) is 20.3 Å². The van der Waals surface area contributed by atoms with Gasteiger partial charge in [0.25, 0.3) is 0 Å². The van der Waals surface area contributed by atoms with E-state index < -0.39 is 30.3 Å². The lowest BCUT2D eigenvalue weighted by Crippen LogP contribution is -2.63. The minimum absolute atomic E-state index is 0.108. The third-order valence-electron chi connectivity index (χ3n) is 3.46. The summed E-state index contributed by atoms with van der Waals surface area (Å²) in [5, 5.41) is 4.94. The second kappa shape index (κ2) is 6.68. The molecule has 0 aromatic heterocycles. The SMILES string of the molecule is [2H][C@@H](c1ccc(OC)c(OC)c1)[C@]1([2H])NC(=O)[C@H](C(C)C)NC1=O. The zero-order valence-corrected chi connectivity index (χ0v) is 13.1. The van der Waals surface area contributed by atoms with E-state index in [9.17, 15) is 9.59 Å². The number of methoxy groups -OCH3 is 2. The minimum atomic E-state index is -2.11. The van der Waals surface area contributed by atoms with Gasteiger partial charge >= 0.3 is 0 Å². The molecular formula is C16H22N2O4. The summed E-state index contributed by atoms with van der Waals surface area (Å²) in [5.74, 6) is -0.403. The maximum Gasteiger partial charge on any atom is 0.243 e. The van der Waals surface area contributed by atoms with Crippen molar-refractivity contribution in [1.29, 1.82) is 0 Å². The van der Waals surface area contributed by atoms with Gasteiger partial charge in [-0.25, -0.2) is 0 Å². The third kappa shape index (κ3) is 3.32. The summed E-state index contributed by atoms with van der Waals surface area (Å²) in [4.78, 5) is 24.6. The van der Waals surface area contributed by atoms with Crippen LogP contribution in [0.15, 0.2) is 18.2 Å². The molecule has 0 spiro atoms. The lowest BCUT2D eigenvalue weighted by Gasteiger charge is -2.31. The molecule has 1 aromatic carbocycles. The number of hydrogen-bond donors (Lipinski definition) is 2. The van der Waals surface area contributed by atoms with Gasteiger partial charge in [0, 0.05) is 7.77 Å². The first-order chi connectivity index (χ1) is 11.2. The van der Waals surface area contributed by atoms with Crippen molar-refractivity contribution in [3.8, 4) is 11.5 Å². The molecule has 0 radical (unpaired) electrons. The summed E-state index contributed by atoms with van der Waals surface area (Å²) in [6.45, 7) is 3.60. The maximum absolute atomic E-state index is 12.4. The highest BCUT2D eigenvalue weighted by atomic mass is 16.5. The van der Waals surface area contributed by atoms with Crippen LogP contribution in [0.3, 0.4) is 0 Å². The Morgan fingerprint density at radius 2 is 1.86 bits per heavy atom. The van der Waals surface area contributed by atoms with Crippen molar-refractivity contribution >= 4 is 11.8 Å². The molecule has 120 valence electrons. The molecule has 1 aromatic rings. The second-order valence-corrected chi connectivity index (χ2v) is 5.36. The smallest absolute Gasteiger partial charge is 0.243 e. The zero-order valence-electron chi connectivity index (χ0n) is 15.1. The van der Waals surface area contributed by atoms with E-state index >= 15 is 0 Å². The van der Waals surface area contributed by atoms with Crippen molar-refractivity contribution in [3.63, 3.8) is 0 Å². The maximum atomic E-state index is 12.4. The summed E-state index contributed by atoms with van der Waals surface area (Å²) in [7, 11) is 2.95. The van der Waals surface area contributed by atoms with Gasteiger partial charge in [-0.05, 0) is 23.6 Å². The van der Waals surface area contributed by atoms with Crippen LogP contribution in [0.2, 0.25) is 0 Å². The summed E-state index contributed by atoms with van der Waals surface area (Å²) in [6, 6.07) is 1.89. The first-order valence-electron chi connectivity index (χ1n) is 8.09. The molecule has 1 heterocycles. The average molecular weight is 308 g/mol. The van der Waals surface area contributed by atoms with Gasteiger partial charge in [-0.1, -0.05) is 19.9 Å². The number of ether oxygens (including phenoxy) is 2. The molecule has 3 atom stereocenters. The molecular weight excluding hydrogens is 284 g/mol. The van der Waals surface area contributed by atoms with E-state index in [1.807, 2.05) is 0 Å². The third-order valence-corrected chi connectivity index (χ3v) is 3.46. The Labute approximate surface area is 133 Å². The van der Waals surface area contributed by atoms with Gasteiger partial charge in [0.1, 0.15) is 12.1 Å². The van der Waals surface area contributed by atoms with Gasteiger partial charge in [-0.3, -0.25) is 9.59 Å². The number of nitrogens with one attached hydrogen (secondary N) is 2. The lowest BCUT2D eigenvalue weighted by atomic mass is 9.97. The summed E-state index contributed by atoms with van der Waals surface area (Å²) < 4.78 is 27.0. The van der Waals surface area contributed by atoms with Gasteiger partial charge in [-0.15, -0.1) is 0 Å². The van der Waals surface area contributed by atoms with Crippen LogP contribution in [0.25, 0.3) is 0 Å². The second-order valence-electron chi connectivity index (χ2n) is 5.36. The van der Waals surface area contributed by atoms with Gasteiger partial charge in [0.15, 0.2) is 11.5 Å². The van der Waals surface area contributed by atoms with Crippen molar-refractivity contribution in [1.82, 2.24) is 10.6 Å². The Kier molecular flexibility index (Phi) is 4.08. The van der Waals surface area contributed by atoms with Crippen LogP contribution < -0.4 is 20.1 Å². The summed E-state index contributed by atoms with van der Waals surface area (Å²) in [6.07, 6.45) is -1.32. The quantitative estimate of drug-likeness (QED) is 0.847. The number of amides is 2. The van der Waals surface area contributed by atoms with Crippen LogP contribution in [-0.2, 0) is 16.0 Å². The summed E-state index contributed by atoms with van der Waals surface area (Å²) in [5.41, 5.74) is 0.362. The Hall–Kier alpha value is -2.24. The van der Waals surface area contributed by atoms with E-state index in [0.29, 0.717) is 17.1 Å². The van der Waals surface area contributed by atoms with Crippen molar-refractivity contribution < 1.29 is 21.8 Å². The number of rotatable bonds is 5. The van der Waals surface area contributed by atoms with Crippen molar-refractivity contribution in [2.45, 2.75) is 32.3 Å². The van der Waals surface area contributed by atoms with E-state index in [1.54, 1.807) is 26.0 Å². The molecule has 2 amide bonds. The lowest BCUT2D eigenvalue weighted by molar-refractivity contribution is -0.137. The fourth-order valence-electron chi connectivity index (χ4n) is 2.23. The fraction of sp³-hybridized carbons (Fsp3) is 0.500. The van der Waals surface area contributed by atoms with Crippen molar-refractivity contribution in [3.05, 3.63) is 23.8 Å². The van der Waals surface area contributed by atoms with Gasteiger partial charge in [0.2, 0.25) is 11.8 Å². The van der Waals surface area contributed by atoms with E-state index in [-0.39, 0.29) is 5.92 Å². The number of benzene rings is 1. The van der Waals surface area contributed by atoms with Gasteiger partial charge in [-0.2, -0.15) is 0 Å². The molecule has 1 aliphatic rings. The van der Waals surface area contributed by atoms with E-state index in [4.69, 9.17) is 12.2 Å². The molecule has 1 fully saturated rings. The molecule has 0 unspecified atom stereocenters. The van der Waals surface area contributed by atoms with Gasteiger partial charge in [0.05, 0.1) is 15.6 Å². The van der Waals surface area contributed by atoms with Crippen LogP contribution in [0.5, 0.6) is 11.5 Å². The van der Waals surface area contributed by atoms with Crippen LogP contribution >= 0.6 is 0 Å². The number of carbonyl (C=O) groups excluding carboxylic acids is 2. The zero-order chi connectivity index (χ0) is 18.1. The molecule has 1 aliphatic heterocycles. The van der Waals surface area contributed by atoms with E-state index in [2.05, 4.69) is 10.6 Å². The number of piperazine rings is 1. The first-order valence-corrected chi connectivity index (χ1v) is 7.01. The predicted molar refractivity (Wildman–Crippen MR) is 81.9 cm³/mol. The molecule has 6 nitrogen and oxygen atoms in total. The fourth-order valence-corrected chi connectivity index (χ4v) is 2.23. The van der Waals surface area contributed by atoms with Crippen LogP contribution in [0.1, 0.15) is 22.2 Å². The van der Waals surface area contributed by atoms with Crippen LogP contribution in [0.4, 0.5) is 0 Å². The van der Waals surface area contributed by atoms with Crippen molar-refractivity contribution in [2.75, 3.05) is 14.2 Å². The standard InChI is InChI=1S/C16H22N2O4/c1-9(2)14-16(20)17-11(15(19)18-14)7-10-5-6-12(21-3)13(8-10)22-4/h5-6,8-9,11,14H,7H2,1-4H3,(H,17,20)(H,18,19)/t11-,14-/m0/s1/i7D,11D/t7-,11-,14-. The molecule has 2 N–H and O–H groups in total. The molecule has 22 heavy (non-hydrogen) atoms.